The minimum Gasteiger partial charge on any atom is -0.393 e. The van der Waals surface area contributed by atoms with Crippen LogP contribution in [-0.4, -0.2) is 22.5 Å². The highest BCUT2D eigenvalue weighted by atomic mass is 28.3. The van der Waals surface area contributed by atoms with E-state index >= 15 is 0 Å². The second-order valence-electron chi connectivity index (χ2n) is 3.27. The van der Waals surface area contributed by atoms with Gasteiger partial charge in [-0.15, -0.1) is 0 Å². The number of hydrogen-bond acceptors (Lipinski definition) is 2. The molecule has 0 aromatic heterocycles. The van der Waals surface area contributed by atoms with Crippen LogP contribution in [0, 0.1) is 17.5 Å². The Kier molecular flexibility index (Phi) is 5.67. The molecular formula is C11H14F3O2Si. The van der Waals surface area contributed by atoms with Crippen LogP contribution in [0.1, 0.15) is 19.4 Å². The fourth-order valence-electron chi connectivity index (χ4n) is 1.32. The molecule has 0 fully saturated rings. The van der Waals surface area contributed by atoms with Crippen LogP contribution in [0.15, 0.2) is 12.1 Å². The molecule has 0 amide bonds. The molecule has 0 N–H and O–H groups in total. The largest absolute Gasteiger partial charge is 0.393 e. The molecule has 95 valence electrons. The van der Waals surface area contributed by atoms with Crippen LogP contribution in [0.5, 0.6) is 0 Å². The normalized spacial score (nSPS) is 11.2. The molecule has 1 aromatic rings. The van der Waals surface area contributed by atoms with Crippen LogP contribution in [-0.2, 0) is 14.9 Å². The Hall–Kier alpha value is -0.853. The molecule has 1 radical (unpaired) electrons. The van der Waals surface area contributed by atoms with Gasteiger partial charge in [-0.25, -0.2) is 13.2 Å². The van der Waals surface area contributed by atoms with Crippen LogP contribution in [0.2, 0.25) is 0 Å². The molecular weight excluding hydrogens is 249 g/mol. The lowest BCUT2D eigenvalue weighted by molar-refractivity contribution is 0.212. The molecule has 0 aliphatic heterocycles. The quantitative estimate of drug-likeness (QED) is 0.580. The van der Waals surface area contributed by atoms with Crippen molar-refractivity contribution in [2.45, 2.75) is 19.9 Å². The van der Waals surface area contributed by atoms with Crippen molar-refractivity contribution in [1.29, 1.82) is 0 Å². The Morgan fingerprint density at radius 2 is 1.47 bits per heavy atom. The molecule has 2 nitrogen and oxygen atoms in total. The summed E-state index contributed by atoms with van der Waals surface area (Å²) in [6.07, 6.45) is 0. The van der Waals surface area contributed by atoms with Crippen LogP contribution in [0.4, 0.5) is 13.2 Å². The van der Waals surface area contributed by atoms with E-state index in [1.165, 1.54) is 0 Å². The first kappa shape index (κ1) is 14.2. The second kappa shape index (κ2) is 6.78. The third-order valence-corrected chi connectivity index (χ3v) is 3.93. The van der Waals surface area contributed by atoms with Crippen molar-refractivity contribution in [3.63, 3.8) is 0 Å². The van der Waals surface area contributed by atoms with Crippen molar-refractivity contribution < 1.29 is 22.0 Å². The van der Waals surface area contributed by atoms with Gasteiger partial charge in [-0.3, -0.25) is 0 Å². The Bertz CT molecular complexity index is 368. The molecule has 0 aliphatic rings. The van der Waals surface area contributed by atoms with Gasteiger partial charge in [0, 0.05) is 25.3 Å². The molecule has 0 heterocycles. The Morgan fingerprint density at radius 1 is 0.941 bits per heavy atom. The summed E-state index contributed by atoms with van der Waals surface area (Å²) < 4.78 is 49.7. The summed E-state index contributed by atoms with van der Waals surface area (Å²) in [5, 5.41) is 0. The molecule has 0 saturated carbocycles. The van der Waals surface area contributed by atoms with Gasteiger partial charge >= 0.3 is 9.28 Å². The highest BCUT2D eigenvalue weighted by molar-refractivity contribution is 6.43. The summed E-state index contributed by atoms with van der Waals surface area (Å²) >= 11 is 0. The SMILES string of the molecule is CCO[Si](Cc1cc(F)c(F)cc1F)OCC. The van der Waals surface area contributed by atoms with E-state index in [-0.39, 0.29) is 11.6 Å². The molecule has 0 atom stereocenters. The minimum absolute atomic E-state index is 0.0830. The Labute approximate surface area is 100 Å². The first-order valence-corrected chi connectivity index (χ1v) is 6.85. The van der Waals surface area contributed by atoms with Gasteiger partial charge in [0.25, 0.3) is 0 Å². The van der Waals surface area contributed by atoms with E-state index in [9.17, 15) is 13.2 Å². The van der Waals surface area contributed by atoms with E-state index in [0.29, 0.717) is 19.3 Å². The summed E-state index contributed by atoms with van der Waals surface area (Å²) in [6, 6.07) is 1.55. The number of halogens is 3. The molecule has 0 spiro atoms. The number of hydrogen-bond donors (Lipinski definition) is 0. The van der Waals surface area contributed by atoms with Crippen LogP contribution in [0.3, 0.4) is 0 Å². The van der Waals surface area contributed by atoms with E-state index < -0.39 is 26.7 Å². The van der Waals surface area contributed by atoms with Gasteiger partial charge < -0.3 is 8.85 Å². The summed E-state index contributed by atoms with van der Waals surface area (Å²) in [5.41, 5.74) is 0.0830. The monoisotopic (exact) mass is 263 g/mol. The van der Waals surface area contributed by atoms with Crippen LogP contribution >= 0.6 is 0 Å². The summed E-state index contributed by atoms with van der Waals surface area (Å²) in [5.74, 6) is -3.02. The zero-order valence-electron chi connectivity index (χ0n) is 9.73. The molecule has 0 bridgehead atoms. The third-order valence-electron chi connectivity index (χ3n) is 2.03. The van der Waals surface area contributed by atoms with Crippen molar-refractivity contribution in [1.82, 2.24) is 0 Å². The standard InChI is InChI=1S/C11H14F3O2Si/c1-3-15-17(16-4-2)7-8-5-10(13)11(14)6-9(8)12/h5-6H,3-4,7H2,1-2H3. The predicted octanol–water partition coefficient (Wildman–Crippen LogP) is 2.75. The van der Waals surface area contributed by atoms with Crippen molar-refractivity contribution in [3.05, 3.63) is 35.1 Å². The molecule has 17 heavy (non-hydrogen) atoms. The molecule has 1 aromatic carbocycles. The van der Waals surface area contributed by atoms with E-state index in [1.807, 2.05) is 0 Å². The molecule has 0 saturated heterocycles. The summed E-state index contributed by atoms with van der Waals surface area (Å²) in [6.45, 7) is 4.48. The van der Waals surface area contributed by atoms with Gasteiger partial charge in [0.15, 0.2) is 11.6 Å². The van der Waals surface area contributed by atoms with E-state index in [0.717, 1.165) is 6.07 Å². The third kappa shape index (κ3) is 4.14. The highest BCUT2D eigenvalue weighted by Gasteiger charge is 2.19. The zero-order chi connectivity index (χ0) is 12.8. The lowest BCUT2D eigenvalue weighted by atomic mass is 10.2. The van der Waals surface area contributed by atoms with Crippen molar-refractivity contribution in [2.24, 2.45) is 0 Å². The fraction of sp³-hybridized carbons (Fsp3) is 0.455. The fourth-order valence-corrected chi connectivity index (χ4v) is 2.83. The minimum atomic E-state index is -1.68. The van der Waals surface area contributed by atoms with Crippen molar-refractivity contribution in [3.8, 4) is 0 Å². The van der Waals surface area contributed by atoms with E-state index in [1.54, 1.807) is 13.8 Å². The Morgan fingerprint density at radius 3 is 2.00 bits per heavy atom. The van der Waals surface area contributed by atoms with Gasteiger partial charge in [0.1, 0.15) is 5.82 Å². The predicted molar refractivity (Wildman–Crippen MR) is 59.0 cm³/mol. The lowest BCUT2D eigenvalue weighted by Crippen LogP contribution is -2.27. The highest BCUT2D eigenvalue weighted by Crippen LogP contribution is 2.15. The summed E-state index contributed by atoms with van der Waals surface area (Å²) in [4.78, 5) is 0. The average molecular weight is 263 g/mol. The van der Waals surface area contributed by atoms with Crippen molar-refractivity contribution in [2.75, 3.05) is 13.2 Å². The zero-order valence-corrected chi connectivity index (χ0v) is 10.7. The van der Waals surface area contributed by atoms with E-state index in [2.05, 4.69) is 0 Å². The maximum Gasteiger partial charge on any atom is 0.389 e. The molecule has 6 heteroatoms. The second-order valence-corrected chi connectivity index (χ2v) is 4.95. The van der Waals surface area contributed by atoms with Gasteiger partial charge in [0.05, 0.1) is 0 Å². The van der Waals surface area contributed by atoms with Gasteiger partial charge in [-0.1, -0.05) is 0 Å². The number of rotatable bonds is 6. The van der Waals surface area contributed by atoms with Crippen molar-refractivity contribution >= 4 is 9.28 Å². The van der Waals surface area contributed by atoms with Gasteiger partial charge in [0.2, 0.25) is 0 Å². The maximum atomic E-state index is 13.4. The molecule has 1 rings (SSSR count). The summed E-state index contributed by atoms with van der Waals surface area (Å²) in [7, 11) is -1.68. The molecule has 0 aliphatic carbocycles. The maximum absolute atomic E-state index is 13.4. The Balaban J connectivity index is 2.81. The van der Waals surface area contributed by atoms with E-state index in [4.69, 9.17) is 8.85 Å². The average Bonchev–Trinajstić information content (AvgIpc) is 2.26. The van der Waals surface area contributed by atoms with Crippen LogP contribution < -0.4 is 0 Å². The first-order valence-electron chi connectivity index (χ1n) is 5.33. The topological polar surface area (TPSA) is 18.5 Å². The molecule has 0 unspecified atom stereocenters. The first-order chi connectivity index (χ1) is 8.08. The number of benzene rings is 1. The van der Waals surface area contributed by atoms with Gasteiger partial charge in [-0.2, -0.15) is 0 Å². The van der Waals surface area contributed by atoms with Crippen LogP contribution in [0.25, 0.3) is 0 Å². The van der Waals surface area contributed by atoms with Gasteiger partial charge in [-0.05, 0) is 25.5 Å². The lowest BCUT2D eigenvalue weighted by Gasteiger charge is -2.13. The smallest absolute Gasteiger partial charge is 0.389 e.